The fourth-order valence-electron chi connectivity index (χ4n) is 2.04. The van der Waals surface area contributed by atoms with Crippen LogP contribution in [0.4, 0.5) is 5.69 Å². The number of ether oxygens (including phenoxy) is 1. The number of anilines is 1. The molecule has 2 aromatic carbocycles. The predicted molar refractivity (Wildman–Crippen MR) is 80.7 cm³/mol. The Kier molecular flexibility index (Phi) is 5.16. The average molecular weight is 327 g/mol. The number of benzene rings is 2. The SMILES string of the molecule is CCOc1ccc(NC(=O)c2cc(C(=O)[O-])ccc2C(=O)[O-])cc1. The molecule has 0 saturated heterocycles. The molecule has 2 aromatic rings. The molecule has 1 amide bonds. The Morgan fingerprint density at radius 2 is 1.62 bits per heavy atom. The molecule has 24 heavy (non-hydrogen) atoms. The van der Waals surface area contributed by atoms with Gasteiger partial charge in [0.25, 0.3) is 5.91 Å². The van der Waals surface area contributed by atoms with Gasteiger partial charge in [-0.1, -0.05) is 12.1 Å². The molecule has 0 aromatic heterocycles. The van der Waals surface area contributed by atoms with Crippen molar-refractivity contribution in [3.63, 3.8) is 0 Å². The Hall–Kier alpha value is -3.35. The highest BCUT2D eigenvalue weighted by Gasteiger charge is 2.14. The van der Waals surface area contributed by atoms with E-state index in [-0.39, 0.29) is 11.1 Å². The van der Waals surface area contributed by atoms with Gasteiger partial charge in [-0.15, -0.1) is 0 Å². The van der Waals surface area contributed by atoms with Gasteiger partial charge in [0.2, 0.25) is 0 Å². The number of carboxylic acids is 2. The number of carbonyl (C=O) groups excluding carboxylic acids is 3. The van der Waals surface area contributed by atoms with Gasteiger partial charge in [-0.2, -0.15) is 0 Å². The van der Waals surface area contributed by atoms with Crippen molar-refractivity contribution < 1.29 is 29.3 Å². The highest BCUT2D eigenvalue weighted by atomic mass is 16.5. The molecule has 0 aliphatic rings. The Labute approximate surface area is 137 Å². The van der Waals surface area contributed by atoms with E-state index in [0.717, 1.165) is 18.2 Å². The van der Waals surface area contributed by atoms with Gasteiger partial charge >= 0.3 is 0 Å². The second-order valence-electron chi connectivity index (χ2n) is 4.75. The first kappa shape index (κ1) is 17.0. The lowest BCUT2D eigenvalue weighted by molar-refractivity contribution is -0.256. The number of aromatic carboxylic acids is 2. The quantitative estimate of drug-likeness (QED) is 0.801. The first-order chi connectivity index (χ1) is 11.4. The monoisotopic (exact) mass is 327 g/mol. The van der Waals surface area contributed by atoms with E-state index in [2.05, 4.69) is 5.32 Å². The summed E-state index contributed by atoms with van der Waals surface area (Å²) in [7, 11) is 0. The zero-order chi connectivity index (χ0) is 17.7. The summed E-state index contributed by atoms with van der Waals surface area (Å²) in [5.74, 6) is -3.27. The van der Waals surface area contributed by atoms with Crippen LogP contribution in [0.5, 0.6) is 5.75 Å². The summed E-state index contributed by atoms with van der Waals surface area (Å²) in [6, 6.07) is 9.38. The number of carboxylic acid groups (broad SMARTS) is 2. The molecule has 124 valence electrons. The smallest absolute Gasteiger partial charge is 0.256 e. The first-order valence-corrected chi connectivity index (χ1v) is 7.03. The lowest BCUT2D eigenvalue weighted by atomic mass is 10.0. The normalized spacial score (nSPS) is 10.0. The minimum atomic E-state index is -1.59. The lowest BCUT2D eigenvalue weighted by Gasteiger charge is -2.13. The Balaban J connectivity index is 2.29. The van der Waals surface area contributed by atoms with E-state index in [9.17, 15) is 24.6 Å². The summed E-state index contributed by atoms with van der Waals surface area (Å²) in [5, 5.41) is 24.5. The number of amides is 1. The highest BCUT2D eigenvalue weighted by Crippen LogP contribution is 2.18. The molecule has 0 atom stereocenters. The molecular weight excluding hydrogens is 314 g/mol. The van der Waals surface area contributed by atoms with Crippen molar-refractivity contribution in [3.05, 3.63) is 59.2 Å². The highest BCUT2D eigenvalue weighted by molar-refractivity contribution is 6.11. The van der Waals surface area contributed by atoms with E-state index in [4.69, 9.17) is 4.74 Å². The number of nitrogens with one attached hydrogen (secondary N) is 1. The van der Waals surface area contributed by atoms with Crippen LogP contribution in [0.1, 0.15) is 38.0 Å². The third-order valence-electron chi connectivity index (χ3n) is 3.14. The summed E-state index contributed by atoms with van der Waals surface area (Å²) in [4.78, 5) is 34.3. The van der Waals surface area contributed by atoms with Crippen LogP contribution in [0, 0.1) is 0 Å². The van der Waals surface area contributed by atoms with E-state index < -0.39 is 23.4 Å². The van der Waals surface area contributed by atoms with E-state index in [0.29, 0.717) is 18.0 Å². The Morgan fingerprint density at radius 1 is 0.958 bits per heavy atom. The molecule has 0 saturated carbocycles. The second kappa shape index (κ2) is 7.28. The van der Waals surface area contributed by atoms with Crippen LogP contribution in [-0.2, 0) is 0 Å². The minimum Gasteiger partial charge on any atom is -0.545 e. The first-order valence-electron chi connectivity index (χ1n) is 7.03. The molecule has 0 unspecified atom stereocenters. The summed E-state index contributed by atoms with van der Waals surface area (Å²) in [6.07, 6.45) is 0. The van der Waals surface area contributed by atoms with Crippen LogP contribution >= 0.6 is 0 Å². The van der Waals surface area contributed by atoms with Crippen molar-refractivity contribution in [2.45, 2.75) is 6.92 Å². The molecule has 0 bridgehead atoms. The van der Waals surface area contributed by atoms with Gasteiger partial charge in [0.1, 0.15) is 5.75 Å². The molecule has 0 radical (unpaired) electrons. The topological polar surface area (TPSA) is 119 Å². The second-order valence-corrected chi connectivity index (χ2v) is 4.75. The van der Waals surface area contributed by atoms with Crippen LogP contribution in [0.25, 0.3) is 0 Å². The molecular formula is C17H13NO6-2. The van der Waals surface area contributed by atoms with Crippen molar-refractivity contribution in [1.29, 1.82) is 0 Å². The van der Waals surface area contributed by atoms with E-state index >= 15 is 0 Å². The number of rotatable bonds is 6. The van der Waals surface area contributed by atoms with Gasteiger partial charge in [0.05, 0.1) is 18.5 Å². The summed E-state index contributed by atoms with van der Waals surface area (Å²) in [5.41, 5.74) is -0.655. The van der Waals surface area contributed by atoms with Gasteiger partial charge in [-0.25, -0.2) is 0 Å². The third kappa shape index (κ3) is 3.89. The summed E-state index contributed by atoms with van der Waals surface area (Å²) >= 11 is 0. The van der Waals surface area contributed by atoms with Crippen LogP contribution in [0.2, 0.25) is 0 Å². The number of carbonyl (C=O) groups is 3. The molecule has 2 rings (SSSR count). The Bertz CT molecular complexity index is 782. The van der Waals surface area contributed by atoms with Crippen LogP contribution in [-0.4, -0.2) is 24.5 Å². The minimum absolute atomic E-state index is 0.308. The lowest BCUT2D eigenvalue weighted by Crippen LogP contribution is -2.28. The predicted octanol–water partition coefficient (Wildman–Crippen LogP) is 0.0646. The van der Waals surface area contributed by atoms with Crippen LogP contribution < -0.4 is 20.3 Å². The molecule has 0 heterocycles. The van der Waals surface area contributed by atoms with Crippen molar-refractivity contribution in [3.8, 4) is 5.75 Å². The molecule has 0 aliphatic heterocycles. The largest absolute Gasteiger partial charge is 0.545 e. The summed E-state index contributed by atoms with van der Waals surface area (Å²) in [6.45, 7) is 2.33. The maximum Gasteiger partial charge on any atom is 0.256 e. The fraction of sp³-hybridized carbons (Fsp3) is 0.118. The van der Waals surface area contributed by atoms with Gasteiger partial charge in [0.15, 0.2) is 0 Å². The maximum atomic E-state index is 12.3. The molecule has 0 fully saturated rings. The van der Waals surface area contributed by atoms with Gasteiger partial charge in [-0.3, -0.25) is 4.79 Å². The molecule has 0 aliphatic carbocycles. The molecule has 0 spiro atoms. The van der Waals surface area contributed by atoms with E-state index in [1.54, 1.807) is 24.3 Å². The van der Waals surface area contributed by atoms with Gasteiger partial charge in [-0.05, 0) is 42.8 Å². The molecule has 1 N–H and O–H groups in total. The maximum absolute atomic E-state index is 12.3. The van der Waals surface area contributed by atoms with E-state index in [1.165, 1.54) is 0 Å². The zero-order valence-electron chi connectivity index (χ0n) is 12.7. The summed E-state index contributed by atoms with van der Waals surface area (Å²) < 4.78 is 5.27. The number of hydrogen-bond acceptors (Lipinski definition) is 6. The number of hydrogen-bond donors (Lipinski definition) is 1. The third-order valence-corrected chi connectivity index (χ3v) is 3.14. The van der Waals surface area contributed by atoms with Crippen molar-refractivity contribution >= 4 is 23.5 Å². The van der Waals surface area contributed by atoms with Crippen molar-refractivity contribution in [2.24, 2.45) is 0 Å². The van der Waals surface area contributed by atoms with Crippen molar-refractivity contribution in [2.75, 3.05) is 11.9 Å². The van der Waals surface area contributed by atoms with Crippen LogP contribution in [0.3, 0.4) is 0 Å². The Morgan fingerprint density at radius 3 is 2.17 bits per heavy atom. The molecule has 7 heteroatoms. The van der Waals surface area contributed by atoms with Crippen molar-refractivity contribution in [1.82, 2.24) is 0 Å². The average Bonchev–Trinajstić information content (AvgIpc) is 2.56. The fourth-order valence-corrected chi connectivity index (χ4v) is 2.04. The van der Waals surface area contributed by atoms with Gasteiger partial charge in [0, 0.05) is 16.8 Å². The zero-order valence-corrected chi connectivity index (χ0v) is 12.7. The van der Waals surface area contributed by atoms with Gasteiger partial charge < -0.3 is 29.9 Å². The van der Waals surface area contributed by atoms with E-state index in [1.807, 2.05) is 6.92 Å². The molecule has 7 nitrogen and oxygen atoms in total. The standard InChI is InChI=1S/C17H15NO6/c1-2-24-12-6-4-11(5-7-12)18-15(19)14-9-10(16(20)21)3-8-13(14)17(22)23/h3-9H,2H2,1H3,(H,18,19)(H,20,21)(H,22,23)/p-2. The van der Waals surface area contributed by atoms with Crippen LogP contribution in [0.15, 0.2) is 42.5 Å².